The second-order valence-corrected chi connectivity index (χ2v) is 7.88. The smallest absolute Gasteiger partial charge is 0.307 e. The van der Waals surface area contributed by atoms with Crippen LogP contribution < -0.4 is 16.0 Å². The van der Waals surface area contributed by atoms with Crippen molar-refractivity contribution in [2.45, 2.75) is 46.1 Å². The van der Waals surface area contributed by atoms with Crippen LogP contribution in [0.2, 0.25) is 0 Å². The maximum atomic E-state index is 12.8. The number of hydrogen-bond acceptors (Lipinski definition) is 6. The molecule has 0 saturated carbocycles. The van der Waals surface area contributed by atoms with E-state index in [1.165, 1.54) is 0 Å². The van der Waals surface area contributed by atoms with Crippen LogP contribution in [-0.4, -0.2) is 55.0 Å². The Kier molecular flexibility index (Phi) is 7.57. The number of anilines is 1. The van der Waals surface area contributed by atoms with Crippen LogP contribution in [0.3, 0.4) is 0 Å². The number of benzene rings is 1. The maximum absolute atomic E-state index is 12.8. The van der Waals surface area contributed by atoms with Crippen molar-refractivity contribution in [2.75, 3.05) is 31.1 Å². The molecule has 8 heteroatoms. The highest BCUT2D eigenvalue weighted by Crippen LogP contribution is 2.27. The molecular weight excluding hydrogens is 394 g/mol. The van der Waals surface area contributed by atoms with Crippen LogP contribution in [0.1, 0.15) is 49.0 Å². The van der Waals surface area contributed by atoms with Crippen LogP contribution >= 0.6 is 0 Å². The summed E-state index contributed by atoms with van der Waals surface area (Å²) in [5, 5.41) is 4.34. The zero-order valence-electron chi connectivity index (χ0n) is 18.5. The summed E-state index contributed by atoms with van der Waals surface area (Å²) in [5.74, 6) is 0.323. The van der Waals surface area contributed by atoms with Gasteiger partial charge in [0.25, 0.3) is 5.91 Å². The van der Waals surface area contributed by atoms with Crippen molar-refractivity contribution in [2.24, 2.45) is 10.7 Å². The Morgan fingerprint density at radius 1 is 1.29 bits per heavy atom. The fourth-order valence-corrected chi connectivity index (χ4v) is 3.81. The lowest BCUT2D eigenvalue weighted by molar-refractivity contribution is -0.143. The number of amidine groups is 1. The number of nitrogens with two attached hydrogens (primary N) is 1. The zero-order valence-corrected chi connectivity index (χ0v) is 18.5. The van der Waals surface area contributed by atoms with Gasteiger partial charge in [-0.2, -0.15) is 4.99 Å². The third kappa shape index (κ3) is 6.01. The number of nitrogens with one attached hydrogen (secondary N) is 1. The quantitative estimate of drug-likeness (QED) is 0.398. The molecule has 0 atom stereocenters. The number of pyridine rings is 1. The highest BCUT2D eigenvalue weighted by atomic mass is 16.5. The van der Waals surface area contributed by atoms with E-state index in [0.717, 1.165) is 42.4 Å². The summed E-state index contributed by atoms with van der Waals surface area (Å²) in [4.78, 5) is 35.2. The van der Waals surface area contributed by atoms with Gasteiger partial charge in [0, 0.05) is 31.1 Å². The highest BCUT2D eigenvalue weighted by molar-refractivity contribution is 6.07. The minimum Gasteiger partial charge on any atom is -0.466 e. The molecule has 1 amide bonds. The summed E-state index contributed by atoms with van der Waals surface area (Å²) < 4.78 is 4.96. The van der Waals surface area contributed by atoms with Crippen molar-refractivity contribution >= 4 is 34.4 Å². The number of amides is 1. The monoisotopic (exact) mass is 425 g/mol. The van der Waals surface area contributed by atoms with Gasteiger partial charge in [0.1, 0.15) is 11.7 Å². The molecule has 8 nitrogen and oxygen atoms in total. The van der Waals surface area contributed by atoms with Gasteiger partial charge in [-0.25, -0.2) is 4.98 Å². The fourth-order valence-electron chi connectivity index (χ4n) is 3.81. The summed E-state index contributed by atoms with van der Waals surface area (Å²) in [6.07, 6.45) is 2.15. The van der Waals surface area contributed by atoms with Crippen molar-refractivity contribution < 1.29 is 14.3 Å². The topological polar surface area (TPSA) is 110 Å². The van der Waals surface area contributed by atoms with Crippen molar-refractivity contribution in [3.8, 4) is 0 Å². The molecule has 0 radical (unpaired) electrons. The van der Waals surface area contributed by atoms with Gasteiger partial charge < -0.3 is 20.7 Å². The van der Waals surface area contributed by atoms with Crippen LogP contribution in [0.4, 0.5) is 5.82 Å². The summed E-state index contributed by atoms with van der Waals surface area (Å²) >= 11 is 0. The number of aryl methyl sites for hydroxylation is 1. The van der Waals surface area contributed by atoms with E-state index in [1.54, 1.807) is 6.92 Å². The van der Waals surface area contributed by atoms with E-state index in [9.17, 15) is 9.59 Å². The van der Waals surface area contributed by atoms with Gasteiger partial charge in [0.15, 0.2) is 0 Å². The maximum Gasteiger partial charge on any atom is 0.307 e. The van der Waals surface area contributed by atoms with Gasteiger partial charge in [0.2, 0.25) is 0 Å². The molecule has 0 spiro atoms. The summed E-state index contributed by atoms with van der Waals surface area (Å²) in [5.41, 5.74) is 8.08. The van der Waals surface area contributed by atoms with Crippen molar-refractivity contribution in [1.82, 2.24) is 10.3 Å². The van der Waals surface area contributed by atoms with Crippen molar-refractivity contribution in [1.29, 1.82) is 0 Å². The first-order valence-electron chi connectivity index (χ1n) is 10.8. The number of fused-ring (bicyclic) bond motifs is 1. The van der Waals surface area contributed by atoms with E-state index in [0.29, 0.717) is 37.0 Å². The third-order valence-electron chi connectivity index (χ3n) is 5.32. The number of nitrogens with zero attached hydrogens (tertiary/aromatic N) is 3. The van der Waals surface area contributed by atoms with Gasteiger partial charge in [-0.1, -0.05) is 11.6 Å². The number of esters is 1. The Bertz CT molecular complexity index is 977. The van der Waals surface area contributed by atoms with E-state index >= 15 is 0 Å². The average Bonchev–Trinajstić information content (AvgIpc) is 2.73. The van der Waals surface area contributed by atoms with Crippen LogP contribution in [0, 0.1) is 6.92 Å². The Balaban J connectivity index is 1.74. The number of ether oxygens (including phenoxy) is 1. The van der Waals surface area contributed by atoms with Gasteiger partial charge in [0.05, 0.1) is 24.1 Å². The molecule has 1 saturated heterocycles. The predicted octanol–water partition coefficient (Wildman–Crippen LogP) is 2.57. The van der Waals surface area contributed by atoms with Crippen LogP contribution in [0.25, 0.3) is 10.9 Å². The molecule has 0 unspecified atom stereocenters. The van der Waals surface area contributed by atoms with Gasteiger partial charge >= 0.3 is 5.97 Å². The highest BCUT2D eigenvalue weighted by Gasteiger charge is 2.24. The van der Waals surface area contributed by atoms with Crippen LogP contribution in [0.15, 0.2) is 29.3 Å². The number of rotatable bonds is 7. The molecule has 2 aromatic rings. The predicted molar refractivity (Wildman–Crippen MR) is 123 cm³/mol. The van der Waals surface area contributed by atoms with E-state index in [4.69, 9.17) is 15.5 Å². The first kappa shape index (κ1) is 22.7. The Hall–Kier alpha value is -3.00. The second-order valence-electron chi connectivity index (χ2n) is 7.88. The standard InChI is InChI=1S/C23H31N5O3/c1-4-31-21(29)7-10-25-18-8-11-28(12-9-18)22-19(23(30)26-16(3)24)14-17-13-15(2)5-6-20(17)27-22/h5-6,13-14,18,25H,4,7-12H2,1-3H3,(H2,24,26,30). The molecule has 31 heavy (non-hydrogen) atoms. The largest absolute Gasteiger partial charge is 0.466 e. The number of carbonyl (C=O) groups excluding carboxylic acids is 2. The molecule has 1 aromatic carbocycles. The van der Waals surface area contributed by atoms with Gasteiger partial charge in [-0.15, -0.1) is 0 Å². The molecular formula is C23H31N5O3. The third-order valence-corrected chi connectivity index (χ3v) is 5.32. The zero-order chi connectivity index (χ0) is 22.4. The summed E-state index contributed by atoms with van der Waals surface area (Å²) in [6.45, 7) is 7.94. The SMILES string of the molecule is CCOC(=O)CCNC1CCN(c2nc3ccc(C)cc3cc2C(=O)N=C(C)N)CC1. The number of aromatic nitrogens is 1. The Labute approximate surface area is 182 Å². The Morgan fingerprint density at radius 3 is 2.71 bits per heavy atom. The van der Waals surface area contributed by atoms with Crippen molar-refractivity contribution in [3.05, 3.63) is 35.4 Å². The molecule has 3 rings (SSSR count). The number of hydrogen-bond donors (Lipinski definition) is 2. The van der Waals surface area contributed by atoms with Gasteiger partial charge in [-0.05, 0) is 51.8 Å². The first-order chi connectivity index (χ1) is 14.9. The number of piperidine rings is 1. The van der Waals surface area contributed by atoms with Gasteiger partial charge in [-0.3, -0.25) is 9.59 Å². The lowest BCUT2D eigenvalue weighted by Crippen LogP contribution is -2.43. The minimum atomic E-state index is -0.374. The molecule has 0 bridgehead atoms. The lowest BCUT2D eigenvalue weighted by atomic mass is 10.0. The molecule has 0 aliphatic carbocycles. The lowest BCUT2D eigenvalue weighted by Gasteiger charge is -2.34. The molecule has 1 aliphatic heterocycles. The molecule has 2 heterocycles. The second kappa shape index (κ2) is 10.3. The normalized spacial score (nSPS) is 15.3. The minimum absolute atomic E-state index is 0.179. The van der Waals surface area contributed by atoms with E-state index < -0.39 is 0 Å². The summed E-state index contributed by atoms with van der Waals surface area (Å²) in [7, 11) is 0. The molecule has 1 aromatic heterocycles. The first-order valence-corrected chi connectivity index (χ1v) is 10.8. The summed E-state index contributed by atoms with van der Waals surface area (Å²) in [6, 6.07) is 8.19. The average molecular weight is 426 g/mol. The fraction of sp³-hybridized carbons (Fsp3) is 0.478. The van der Waals surface area contributed by atoms with Crippen LogP contribution in [0.5, 0.6) is 0 Å². The van der Waals surface area contributed by atoms with Crippen LogP contribution in [-0.2, 0) is 9.53 Å². The Morgan fingerprint density at radius 2 is 2.03 bits per heavy atom. The number of aliphatic imine (C=N–C) groups is 1. The molecule has 166 valence electrons. The molecule has 3 N–H and O–H groups in total. The number of carbonyl (C=O) groups is 2. The van der Waals surface area contributed by atoms with E-state index in [2.05, 4.69) is 15.2 Å². The van der Waals surface area contributed by atoms with Crippen molar-refractivity contribution in [3.63, 3.8) is 0 Å². The van der Waals surface area contributed by atoms with E-state index in [1.807, 2.05) is 38.1 Å². The molecule has 1 aliphatic rings. The van der Waals surface area contributed by atoms with E-state index in [-0.39, 0.29) is 17.7 Å². The molecule has 1 fully saturated rings.